The van der Waals surface area contributed by atoms with Crippen LogP contribution in [0.2, 0.25) is 5.02 Å². The van der Waals surface area contributed by atoms with Crippen LogP contribution in [0.3, 0.4) is 0 Å². The third-order valence-electron chi connectivity index (χ3n) is 6.42. The van der Waals surface area contributed by atoms with Gasteiger partial charge in [0, 0.05) is 54.5 Å². The van der Waals surface area contributed by atoms with E-state index in [-0.39, 0.29) is 23.1 Å². The molecule has 37 heavy (non-hydrogen) atoms. The first-order chi connectivity index (χ1) is 17.8. The molecule has 0 saturated carbocycles. The summed E-state index contributed by atoms with van der Waals surface area (Å²) >= 11 is 6.05. The predicted octanol–water partition coefficient (Wildman–Crippen LogP) is 3.92. The lowest BCUT2D eigenvalue weighted by Crippen LogP contribution is -2.45. The number of rotatable bonds is 10. The molecule has 2 N–H and O–H groups in total. The smallest absolute Gasteiger partial charge is 0.246 e. The Morgan fingerprint density at radius 1 is 1.14 bits per heavy atom. The van der Waals surface area contributed by atoms with Gasteiger partial charge in [-0.2, -0.15) is 4.31 Å². The summed E-state index contributed by atoms with van der Waals surface area (Å²) in [6.07, 6.45) is 3.67. The van der Waals surface area contributed by atoms with Gasteiger partial charge < -0.3 is 20.1 Å². The van der Waals surface area contributed by atoms with Crippen molar-refractivity contribution in [1.82, 2.24) is 14.6 Å². The molecule has 1 aliphatic rings. The van der Waals surface area contributed by atoms with Crippen LogP contribution in [0.4, 0.5) is 5.69 Å². The third-order valence-corrected chi connectivity index (χ3v) is 8.54. The molecule has 1 aliphatic heterocycles. The summed E-state index contributed by atoms with van der Waals surface area (Å²) in [5.41, 5.74) is 1.77. The zero-order chi connectivity index (χ0) is 26.4. The van der Waals surface area contributed by atoms with E-state index in [2.05, 4.69) is 15.6 Å². The highest BCUT2D eigenvalue weighted by molar-refractivity contribution is 7.89. The molecule has 0 spiro atoms. The van der Waals surface area contributed by atoms with Gasteiger partial charge in [-0.25, -0.2) is 8.42 Å². The van der Waals surface area contributed by atoms with E-state index in [4.69, 9.17) is 21.1 Å². The molecule has 1 amide bonds. The first-order valence-electron chi connectivity index (χ1n) is 12.1. The maximum Gasteiger partial charge on any atom is 0.246 e. The molecule has 0 bridgehead atoms. The summed E-state index contributed by atoms with van der Waals surface area (Å²) in [6, 6.07) is 12.1. The number of pyridine rings is 1. The molecule has 3 aromatic rings. The number of piperidine rings is 1. The summed E-state index contributed by atoms with van der Waals surface area (Å²) in [6.45, 7) is 1.61. The number of anilines is 1. The summed E-state index contributed by atoms with van der Waals surface area (Å²) in [7, 11) is -0.957. The minimum Gasteiger partial charge on any atom is -0.497 e. The molecule has 1 saturated heterocycles. The summed E-state index contributed by atoms with van der Waals surface area (Å²) in [4.78, 5) is 17.2. The first kappa shape index (κ1) is 27.0. The SMILES string of the molecule is COc1ccc(OC)c(S(=O)(=O)N2CCC[C@@H](C(=O)NCCCNc3ccnc4cc(Cl)ccc34)C2)c1. The van der Waals surface area contributed by atoms with Crippen LogP contribution < -0.4 is 20.1 Å². The molecule has 9 nitrogen and oxygen atoms in total. The monoisotopic (exact) mass is 546 g/mol. The van der Waals surface area contributed by atoms with E-state index in [0.717, 1.165) is 16.6 Å². The largest absolute Gasteiger partial charge is 0.497 e. The van der Waals surface area contributed by atoms with Crippen molar-refractivity contribution >= 4 is 44.1 Å². The molecular weight excluding hydrogens is 516 g/mol. The predicted molar refractivity (Wildman–Crippen MR) is 144 cm³/mol. The number of nitrogens with zero attached hydrogens (tertiary/aromatic N) is 2. The van der Waals surface area contributed by atoms with Crippen molar-refractivity contribution in [1.29, 1.82) is 0 Å². The van der Waals surface area contributed by atoms with Crippen LogP contribution in [-0.2, 0) is 14.8 Å². The second kappa shape index (κ2) is 12.0. The second-order valence-corrected chi connectivity index (χ2v) is 11.2. The Morgan fingerprint density at radius 3 is 2.76 bits per heavy atom. The highest BCUT2D eigenvalue weighted by Gasteiger charge is 2.35. The molecule has 198 valence electrons. The van der Waals surface area contributed by atoms with Gasteiger partial charge >= 0.3 is 0 Å². The van der Waals surface area contributed by atoms with Gasteiger partial charge in [0.1, 0.15) is 16.4 Å². The number of carbonyl (C=O) groups is 1. The van der Waals surface area contributed by atoms with Crippen molar-refractivity contribution in [3.63, 3.8) is 0 Å². The summed E-state index contributed by atoms with van der Waals surface area (Å²) < 4.78 is 38.6. The number of carbonyl (C=O) groups excluding carboxylic acids is 1. The number of nitrogens with one attached hydrogen (secondary N) is 2. The second-order valence-electron chi connectivity index (χ2n) is 8.81. The van der Waals surface area contributed by atoms with Crippen molar-refractivity contribution in [3.8, 4) is 11.5 Å². The quantitative estimate of drug-likeness (QED) is 0.371. The topological polar surface area (TPSA) is 110 Å². The standard InChI is InChI=1S/C26H31ClN4O5S/c1-35-20-7-9-24(36-2)25(16-20)37(33,34)31-14-3-5-18(17-31)26(32)30-12-4-11-28-22-10-13-29-23-15-19(27)6-8-21(22)23/h6-10,13,15-16,18H,3-5,11-12,14,17H2,1-2H3,(H,28,29)(H,30,32)/t18-/m1/s1. The van der Waals surface area contributed by atoms with Crippen LogP contribution in [0.15, 0.2) is 53.6 Å². The fraction of sp³-hybridized carbons (Fsp3) is 0.385. The van der Waals surface area contributed by atoms with Crippen molar-refractivity contribution in [2.75, 3.05) is 45.7 Å². The van der Waals surface area contributed by atoms with E-state index in [1.54, 1.807) is 18.3 Å². The van der Waals surface area contributed by atoms with Gasteiger partial charge in [-0.3, -0.25) is 9.78 Å². The van der Waals surface area contributed by atoms with Gasteiger partial charge in [-0.05, 0) is 55.7 Å². The average molecular weight is 547 g/mol. The average Bonchev–Trinajstić information content (AvgIpc) is 2.92. The van der Waals surface area contributed by atoms with Crippen molar-refractivity contribution in [2.24, 2.45) is 5.92 Å². The normalized spacial score (nSPS) is 16.4. The molecule has 11 heteroatoms. The molecule has 0 radical (unpaired) electrons. The van der Waals surface area contributed by atoms with E-state index in [0.29, 0.717) is 49.7 Å². The van der Waals surface area contributed by atoms with Crippen LogP contribution in [-0.4, -0.2) is 64.0 Å². The highest BCUT2D eigenvalue weighted by atomic mass is 35.5. The van der Waals surface area contributed by atoms with E-state index in [1.165, 1.54) is 24.6 Å². The molecule has 2 heterocycles. The van der Waals surface area contributed by atoms with E-state index in [1.807, 2.05) is 24.3 Å². The van der Waals surface area contributed by atoms with Gasteiger partial charge in [-0.15, -0.1) is 0 Å². The molecule has 2 aromatic carbocycles. The minimum atomic E-state index is -3.86. The fourth-order valence-corrected chi connectivity index (χ4v) is 6.30. The highest BCUT2D eigenvalue weighted by Crippen LogP contribution is 2.32. The summed E-state index contributed by atoms with van der Waals surface area (Å²) in [5, 5.41) is 7.96. The van der Waals surface area contributed by atoms with Crippen LogP contribution in [0.25, 0.3) is 10.9 Å². The van der Waals surface area contributed by atoms with Gasteiger partial charge in [0.15, 0.2) is 0 Å². The van der Waals surface area contributed by atoms with Crippen LogP contribution >= 0.6 is 11.6 Å². The molecular formula is C26H31ClN4O5S. The first-order valence-corrected chi connectivity index (χ1v) is 13.9. The number of halogens is 1. The number of hydrogen-bond donors (Lipinski definition) is 2. The lowest BCUT2D eigenvalue weighted by molar-refractivity contribution is -0.126. The Hall–Kier alpha value is -3.08. The van der Waals surface area contributed by atoms with Crippen molar-refractivity contribution in [3.05, 3.63) is 53.7 Å². The van der Waals surface area contributed by atoms with Gasteiger partial charge in [-0.1, -0.05) is 11.6 Å². The number of ether oxygens (including phenoxy) is 2. The van der Waals surface area contributed by atoms with Gasteiger partial charge in [0.05, 0.1) is 25.7 Å². The molecule has 1 atom stereocenters. The molecule has 0 aliphatic carbocycles. The lowest BCUT2D eigenvalue weighted by atomic mass is 9.99. The number of sulfonamides is 1. The van der Waals surface area contributed by atoms with E-state index < -0.39 is 15.9 Å². The Bertz CT molecular complexity index is 1370. The zero-order valence-electron chi connectivity index (χ0n) is 20.9. The Balaban J connectivity index is 1.31. The van der Waals surface area contributed by atoms with Crippen LogP contribution in [0.1, 0.15) is 19.3 Å². The van der Waals surface area contributed by atoms with Gasteiger partial charge in [0.2, 0.25) is 15.9 Å². The number of amides is 1. The van der Waals surface area contributed by atoms with E-state index in [9.17, 15) is 13.2 Å². The van der Waals surface area contributed by atoms with Crippen molar-refractivity contribution < 1.29 is 22.7 Å². The molecule has 4 rings (SSSR count). The maximum atomic E-state index is 13.4. The number of methoxy groups -OCH3 is 2. The summed E-state index contributed by atoms with van der Waals surface area (Å²) in [5.74, 6) is 0.108. The number of fused-ring (bicyclic) bond motifs is 1. The Kier molecular flexibility index (Phi) is 8.73. The fourth-order valence-electron chi connectivity index (χ4n) is 4.44. The van der Waals surface area contributed by atoms with Gasteiger partial charge in [0.25, 0.3) is 0 Å². The van der Waals surface area contributed by atoms with Crippen molar-refractivity contribution in [2.45, 2.75) is 24.2 Å². The van der Waals surface area contributed by atoms with Crippen LogP contribution in [0, 0.1) is 5.92 Å². The number of aromatic nitrogens is 1. The maximum absolute atomic E-state index is 13.4. The zero-order valence-corrected chi connectivity index (χ0v) is 22.4. The minimum absolute atomic E-state index is 0.0346. The third kappa shape index (κ3) is 6.26. The number of benzene rings is 2. The molecule has 0 unspecified atom stereocenters. The number of hydrogen-bond acceptors (Lipinski definition) is 7. The molecule has 1 fully saturated rings. The Labute approximate surface area is 222 Å². The Morgan fingerprint density at radius 2 is 1.97 bits per heavy atom. The van der Waals surface area contributed by atoms with E-state index >= 15 is 0 Å². The lowest BCUT2D eigenvalue weighted by Gasteiger charge is -2.31. The molecule has 1 aromatic heterocycles. The van der Waals surface area contributed by atoms with Crippen LogP contribution in [0.5, 0.6) is 11.5 Å².